The first-order valence-corrected chi connectivity index (χ1v) is 6.99. The van der Waals surface area contributed by atoms with Crippen molar-refractivity contribution in [2.45, 2.75) is 6.10 Å². The molecule has 0 saturated carbocycles. The molecule has 0 bridgehead atoms. The third-order valence-electron chi connectivity index (χ3n) is 3.02. The minimum absolute atomic E-state index is 0.0295. The van der Waals surface area contributed by atoms with Gasteiger partial charge in [0.15, 0.2) is 6.10 Å². The normalized spacial score (nSPS) is 19.0. The first-order chi connectivity index (χ1) is 9.97. The fourth-order valence-corrected chi connectivity index (χ4v) is 2.27. The van der Waals surface area contributed by atoms with Crippen LogP contribution in [0.4, 0.5) is 0 Å². The van der Waals surface area contributed by atoms with Gasteiger partial charge in [-0.3, -0.25) is 4.79 Å². The number of carboxylic acids is 1. The highest BCUT2D eigenvalue weighted by molar-refractivity contribution is 6.34. The van der Waals surface area contributed by atoms with Gasteiger partial charge in [0.05, 0.1) is 13.2 Å². The van der Waals surface area contributed by atoms with Gasteiger partial charge in [0.2, 0.25) is 5.91 Å². The molecule has 1 aromatic carbocycles. The number of halogens is 2. The van der Waals surface area contributed by atoms with Gasteiger partial charge in [-0.2, -0.15) is 0 Å². The molecule has 5 nitrogen and oxygen atoms in total. The summed E-state index contributed by atoms with van der Waals surface area (Å²) in [6, 6.07) is 4.94. The Kier molecular flexibility index (Phi) is 5.22. The molecule has 1 N–H and O–H groups in total. The van der Waals surface area contributed by atoms with Crippen LogP contribution in [0.25, 0.3) is 6.08 Å². The minimum Gasteiger partial charge on any atom is -0.479 e. The molecule has 1 unspecified atom stereocenters. The van der Waals surface area contributed by atoms with Crippen molar-refractivity contribution in [2.75, 3.05) is 19.7 Å². The number of morpholine rings is 1. The van der Waals surface area contributed by atoms with E-state index < -0.39 is 12.1 Å². The van der Waals surface area contributed by atoms with Crippen LogP contribution in [0.1, 0.15) is 5.56 Å². The van der Waals surface area contributed by atoms with E-state index in [0.29, 0.717) is 22.2 Å². The lowest BCUT2D eigenvalue weighted by Crippen LogP contribution is -2.48. The molecule has 112 valence electrons. The van der Waals surface area contributed by atoms with Gasteiger partial charge >= 0.3 is 5.97 Å². The highest BCUT2D eigenvalue weighted by Gasteiger charge is 2.27. The van der Waals surface area contributed by atoms with Crippen LogP contribution < -0.4 is 0 Å². The van der Waals surface area contributed by atoms with Crippen molar-refractivity contribution >= 4 is 41.2 Å². The summed E-state index contributed by atoms with van der Waals surface area (Å²) < 4.78 is 5.06. The monoisotopic (exact) mass is 329 g/mol. The molecule has 1 aliphatic rings. The van der Waals surface area contributed by atoms with Gasteiger partial charge in [0, 0.05) is 22.7 Å². The summed E-state index contributed by atoms with van der Waals surface area (Å²) in [5.41, 5.74) is 0.626. The SMILES string of the molecule is O=C(O)C1CN(C(=O)/C=C/c2cc(Cl)ccc2Cl)CCO1. The van der Waals surface area contributed by atoms with Gasteiger partial charge in [-0.1, -0.05) is 23.2 Å². The largest absolute Gasteiger partial charge is 0.479 e. The summed E-state index contributed by atoms with van der Waals surface area (Å²) in [7, 11) is 0. The van der Waals surface area contributed by atoms with Gasteiger partial charge in [-0.25, -0.2) is 4.79 Å². The fraction of sp³-hybridized carbons (Fsp3) is 0.286. The fourth-order valence-electron chi connectivity index (χ4n) is 1.91. The summed E-state index contributed by atoms with van der Waals surface area (Å²) in [5, 5.41) is 9.90. The first kappa shape index (κ1) is 15.8. The van der Waals surface area contributed by atoms with Crippen molar-refractivity contribution in [1.29, 1.82) is 0 Å². The number of carbonyl (C=O) groups is 2. The molecule has 0 aliphatic carbocycles. The van der Waals surface area contributed by atoms with Crippen molar-refractivity contribution in [3.05, 3.63) is 39.9 Å². The van der Waals surface area contributed by atoms with Crippen LogP contribution >= 0.6 is 23.2 Å². The second kappa shape index (κ2) is 6.93. The van der Waals surface area contributed by atoms with E-state index >= 15 is 0 Å². The average molecular weight is 330 g/mol. The maximum absolute atomic E-state index is 12.1. The van der Waals surface area contributed by atoms with Crippen molar-refractivity contribution in [2.24, 2.45) is 0 Å². The van der Waals surface area contributed by atoms with Gasteiger partial charge in [-0.05, 0) is 29.8 Å². The van der Waals surface area contributed by atoms with Gasteiger partial charge in [0.25, 0.3) is 0 Å². The molecule has 1 aromatic rings. The molecule has 0 aromatic heterocycles. The van der Waals surface area contributed by atoms with E-state index in [-0.39, 0.29) is 19.1 Å². The van der Waals surface area contributed by atoms with E-state index in [1.807, 2.05) is 0 Å². The van der Waals surface area contributed by atoms with Crippen LogP contribution in [0.15, 0.2) is 24.3 Å². The van der Waals surface area contributed by atoms with Gasteiger partial charge in [-0.15, -0.1) is 0 Å². The molecular weight excluding hydrogens is 317 g/mol. The maximum atomic E-state index is 12.1. The predicted octanol–water partition coefficient (Wildman–Crippen LogP) is 2.32. The number of rotatable bonds is 3. The first-order valence-electron chi connectivity index (χ1n) is 6.24. The topological polar surface area (TPSA) is 66.8 Å². The van der Waals surface area contributed by atoms with E-state index in [1.54, 1.807) is 24.3 Å². The highest BCUT2D eigenvalue weighted by Crippen LogP contribution is 2.21. The zero-order valence-electron chi connectivity index (χ0n) is 11.0. The Morgan fingerprint density at radius 2 is 2.14 bits per heavy atom. The smallest absolute Gasteiger partial charge is 0.334 e. The molecule has 1 heterocycles. The number of carbonyl (C=O) groups excluding carboxylic acids is 1. The molecule has 1 saturated heterocycles. The third-order valence-corrected chi connectivity index (χ3v) is 3.60. The van der Waals surface area contributed by atoms with Crippen LogP contribution in [-0.2, 0) is 14.3 Å². The average Bonchev–Trinajstić information content (AvgIpc) is 2.48. The van der Waals surface area contributed by atoms with Gasteiger partial charge < -0.3 is 14.7 Å². The van der Waals surface area contributed by atoms with E-state index in [1.165, 1.54) is 11.0 Å². The van der Waals surface area contributed by atoms with Gasteiger partial charge in [0.1, 0.15) is 0 Å². The van der Waals surface area contributed by atoms with Crippen molar-refractivity contribution in [3.63, 3.8) is 0 Å². The molecule has 21 heavy (non-hydrogen) atoms. The molecule has 1 fully saturated rings. The number of carboxylic acid groups (broad SMARTS) is 1. The molecule has 7 heteroatoms. The number of aliphatic carboxylic acids is 1. The summed E-state index contributed by atoms with van der Waals surface area (Å²) in [5.74, 6) is -1.37. The second-order valence-electron chi connectivity index (χ2n) is 4.48. The highest BCUT2D eigenvalue weighted by atomic mass is 35.5. The van der Waals surface area contributed by atoms with Crippen molar-refractivity contribution in [3.8, 4) is 0 Å². The summed E-state index contributed by atoms with van der Waals surface area (Å²) >= 11 is 11.9. The molecule has 0 spiro atoms. The zero-order chi connectivity index (χ0) is 15.4. The number of benzene rings is 1. The van der Waals surface area contributed by atoms with Crippen LogP contribution in [0.3, 0.4) is 0 Å². The lowest BCUT2D eigenvalue weighted by atomic mass is 10.2. The maximum Gasteiger partial charge on any atom is 0.334 e. The zero-order valence-corrected chi connectivity index (χ0v) is 12.5. The Bertz CT molecular complexity index is 588. The second-order valence-corrected chi connectivity index (χ2v) is 5.32. The number of hydrogen-bond donors (Lipinski definition) is 1. The molecular formula is C14H13Cl2NO4. The van der Waals surface area contributed by atoms with E-state index in [0.717, 1.165) is 0 Å². The van der Waals surface area contributed by atoms with Crippen molar-refractivity contribution < 1.29 is 19.4 Å². The Hall–Kier alpha value is -1.56. The van der Waals surface area contributed by atoms with E-state index in [4.69, 9.17) is 33.0 Å². The van der Waals surface area contributed by atoms with E-state index in [2.05, 4.69) is 0 Å². The Morgan fingerprint density at radius 1 is 1.38 bits per heavy atom. The molecule has 1 aliphatic heterocycles. The van der Waals surface area contributed by atoms with Crippen LogP contribution in [0, 0.1) is 0 Å². The van der Waals surface area contributed by atoms with Crippen molar-refractivity contribution in [1.82, 2.24) is 4.90 Å². The van der Waals surface area contributed by atoms with Crippen LogP contribution in [-0.4, -0.2) is 47.7 Å². The summed E-state index contributed by atoms with van der Waals surface area (Å²) in [6.45, 7) is 0.590. The summed E-state index contributed by atoms with van der Waals surface area (Å²) in [6.07, 6.45) is 1.93. The number of ether oxygens (including phenoxy) is 1. The summed E-state index contributed by atoms with van der Waals surface area (Å²) in [4.78, 5) is 24.3. The molecule has 2 rings (SSSR count). The molecule has 1 atom stereocenters. The van der Waals surface area contributed by atoms with E-state index in [9.17, 15) is 9.59 Å². The Labute approximate surface area is 131 Å². The lowest BCUT2D eigenvalue weighted by Gasteiger charge is -2.30. The number of nitrogens with zero attached hydrogens (tertiary/aromatic N) is 1. The van der Waals surface area contributed by atoms with Crippen LogP contribution in [0.5, 0.6) is 0 Å². The third kappa shape index (κ3) is 4.20. The minimum atomic E-state index is -1.07. The number of hydrogen-bond acceptors (Lipinski definition) is 3. The Balaban J connectivity index is 2.05. The number of amides is 1. The lowest BCUT2D eigenvalue weighted by molar-refractivity contribution is -0.158. The Morgan fingerprint density at radius 3 is 2.86 bits per heavy atom. The molecule has 1 amide bonds. The van der Waals surface area contributed by atoms with Crippen LogP contribution in [0.2, 0.25) is 10.0 Å². The predicted molar refractivity (Wildman–Crippen MR) is 79.5 cm³/mol. The standard InChI is InChI=1S/C14H13Cl2NO4/c15-10-2-3-11(16)9(7-10)1-4-13(18)17-5-6-21-12(8-17)14(19)20/h1-4,7,12H,5-6,8H2,(H,19,20)/b4-1+. The molecule has 0 radical (unpaired) electrons. The quantitative estimate of drug-likeness (QED) is 0.864.